The Kier molecular flexibility index (Phi) is 5.47. The van der Waals surface area contributed by atoms with Crippen LogP contribution in [0.5, 0.6) is 0 Å². The number of primary sulfonamides is 1. The number of piperidine rings is 1. The van der Waals surface area contributed by atoms with Gasteiger partial charge in [-0.15, -0.1) is 0 Å². The Labute approximate surface area is 138 Å². The molecule has 6 heteroatoms. The number of nitrogens with two attached hydrogens (primary N) is 1. The molecule has 1 aromatic rings. The third-order valence-corrected chi connectivity index (χ3v) is 5.42. The maximum Gasteiger partial charge on any atom is 0.223 e. The lowest BCUT2D eigenvalue weighted by atomic mass is 9.81. The van der Waals surface area contributed by atoms with Gasteiger partial charge in [-0.2, -0.15) is 0 Å². The number of amides is 1. The number of rotatable bonds is 5. The van der Waals surface area contributed by atoms with Crippen molar-refractivity contribution in [3.05, 3.63) is 35.9 Å². The van der Waals surface area contributed by atoms with Crippen LogP contribution in [-0.4, -0.2) is 38.1 Å². The van der Waals surface area contributed by atoms with Crippen LogP contribution in [0.2, 0.25) is 0 Å². The molecule has 1 fully saturated rings. The van der Waals surface area contributed by atoms with Crippen LogP contribution in [0.1, 0.15) is 38.7 Å². The standard InChI is InChI=1S/C17H26N2O3S/c1-17(2,15-8-4-3-5-9-15)11-16(20)19-10-6-7-14(12-19)13-23(18,21)22/h3-5,8-9,14H,6-7,10-13H2,1-2H3,(H2,18,21,22). The molecule has 23 heavy (non-hydrogen) atoms. The zero-order valence-corrected chi connectivity index (χ0v) is 14.7. The molecule has 1 aliphatic heterocycles. The van der Waals surface area contributed by atoms with Gasteiger partial charge in [0.05, 0.1) is 5.75 Å². The Morgan fingerprint density at radius 3 is 2.57 bits per heavy atom. The third-order valence-electron chi connectivity index (χ3n) is 4.49. The highest BCUT2D eigenvalue weighted by atomic mass is 32.2. The Balaban J connectivity index is 2.00. The number of benzene rings is 1. The first-order valence-corrected chi connectivity index (χ1v) is 9.73. The van der Waals surface area contributed by atoms with Gasteiger partial charge in [0.1, 0.15) is 0 Å². The minimum Gasteiger partial charge on any atom is -0.342 e. The van der Waals surface area contributed by atoms with Gasteiger partial charge in [-0.3, -0.25) is 4.79 Å². The van der Waals surface area contributed by atoms with Crippen molar-refractivity contribution in [2.24, 2.45) is 11.1 Å². The van der Waals surface area contributed by atoms with Crippen molar-refractivity contribution >= 4 is 15.9 Å². The lowest BCUT2D eigenvalue weighted by molar-refractivity contribution is -0.134. The largest absolute Gasteiger partial charge is 0.342 e. The molecular formula is C17H26N2O3S. The molecule has 1 aromatic carbocycles. The highest BCUT2D eigenvalue weighted by Crippen LogP contribution is 2.28. The lowest BCUT2D eigenvalue weighted by Crippen LogP contribution is -2.44. The van der Waals surface area contributed by atoms with Crippen LogP contribution < -0.4 is 5.14 Å². The molecule has 1 saturated heterocycles. The molecule has 0 aromatic heterocycles. The topological polar surface area (TPSA) is 80.5 Å². The van der Waals surface area contributed by atoms with E-state index in [4.69, 9.17) is 5.14 Å². The van der Waals surface area contributed by atoms with Crippen molar-refractivity contribution in [2.45, 2.75) is 38.5 Å². The Morgan fingerprint density at radius 2 is 1.96 bits per heavy atom. The number of carbonyl (C=O) groups excluding carboxylic acids is 1. The summed E-state index contributed by atoms with van der Waals surface area (Å²) in [5.41, 5.74) is 0.886. The van der Waals surface area contributed by atoms with E-state index in [1.807, 2.05) is 30.3 Å². The summed E-state index contributed by atoms with van der Waals surface area (Å²) in [7, 11) is -3.49. The first-order chi connectivity index (χ1) is 10.7. The second-order valence-corrected chi connectivity index (χ2v) is 8.76. The van der Waals surface area contributed by atoms with Crippen LogP contribution >= 0.6 is 0 Å². The summed E-state index contributed by atoms with van der Waals surface area (Å²) in [4.78, 5) is 14.4. The van der Waals surface area contributed by atoms with E-state index >= 15 is 0 Å². The molecule has 0 bridgehead atoms. The first-order valence-electron chi connectivity index (χ1n) is 8.01. The molecule has 128 valence electrons. The van der Waals surface area contributed by atoms with E-state index < -0.39 is 10.0 Å². The summed E-state index contributed by atoms with van der Waals surface area (Å²) in [6.45, 7) is 5.31. The van der Waals surface area contributed by atoms with E-state index in [1.54, 1.807) is 4.90 Å². The summed E-state index contributed by atoms with van der Waals surface area (Å²) in [6, 6.07) is 9.99. The second-order valence-electron chi connectivity index (χ2n) is 7.10. The van der Waals surface area contributed by atoms with Gasteiger partial charge in [0.15, 0.2) is 0 Å². The fourth-order valence-electron chi connectivity index (χ4n) is 3.24. The summed E-state index contributed by atoms with van der Waals surface area (Å²) in [5.74, 6) is -0.0145. The van der Waals surface area contributed by atoms with E-state index in [0.717, 1.165) is 18.4 Å². The predicted molar refractivity (Wildman–Crippen MR) is 91.4 cm³/mol. The van der Waals surface area contributed by atoms with E-state index in [9.17, 15) is 13.2 Å². The van der Waals surface area contributed by atoms with Crippen LogP contribution in [0.3, 0.4) is 0 Å². The SMILES string of the molecule is CC(C)(CC(=O)N1CCCC(CS(N)(=O)=O)C1)c1ccccc1. The van der Waals surface area contributed by atoms with Crippen LogP contribution in [-0.2, 0) is 20.2 Å². The van der Waals surface area contributed by atoms with Gasteiger partial charge < -0.3 is 4.90 Å². The van der Waals surface area contributed by atoms with E-state index in [0.29, 0.717) is 19.5 Å². The van der Waals surface area contributed by atoms with Gasteiger partial charge in [-0.05, 0) is 29.7 Å². The highest BCUT2D eigenvalue weighted by molar-refractivity contribution is 7.89. The molecule has 0 spiro atoms. The molecule has 1 amide bonds. The first kappa shape index (κ1) is 17.9. The number of likely N-dealkylation sites (tertiary alicyclic amines) is 1. The zero-order valence-electron chi connectivity index (χ0n) is 13.9. The van der Waals surface area contributed by atoms with Crippen molar-refractivity contribution in [2.75, 3.05) is 18.8 Å². The van der Waals surface area contributed by atoms with Gasteiger partial charge in [0, 0.05) is 19.5 Å². The minimum absolute atomic E-state index is 0.0428. The fraction of sp³-hybridized carbons (Fsp3) is 0.588. The Bertz CT molecular complexity index is 641. The number of hydrogen-bond donors (Lipinski definition) is 1. The van der Waals surface area contributed by atoms with Gasteiger partial charge in [0.25, 0.3) is 0 Å². The predicted octanol–water partition coefficient (Wildman–Crippen LogP) is 1.88. The van der Waals surface area contributed by atoms with E-state index in [1.165, 1.54) is 0 Å². The molecule has 5 nitrogen and oxygen atoms in total. The molecule has 1 atom stereocenters. The lowest BCUT2D eigenvalue weighted by Gasteiger charge is -2.35. The summed E-state index contributed by atoms with van der Waals surface area (Å²) in [5, 5.41) is 5.13. The zero-order chi connectivity index (χ0) is 17.1. The van der Waals surface area contributed by atoms with Crippen molar-refractivity contribution in [3.8, 4) is 0 Å². The van der Waals surface area contributed by atoms with Crippen molar-refractivity contribution in [1.82, 2.24) is 4.90 Å². The van der Waals surface area contributed by atoms with Crippen molar-refractivity contribution in [1.29, 1.82) is 0 Å². The van der Waals surface area contributed by atoms with Crippen LogP contribution in [0.4, 0.5) is 0 Å². The molecule has 0 radical (unpaired) electrons. The molecule has 0 aliphatic carbocycles. The minimum atomic E-state index is -3.49. The van der Waals surface area contributed by atoms with Gasteiger partial charge in [0.2, 0.25) is 15.9 Å². The number of nitrogens with zero attached hydrogens (tertiary/aromatic N) is 1. The number of carbonyl (C=O) groups is 1. The summed E-state index contributed by atoms with van der Waals surface area (Å²) in [6.07, 6.45) is 2.05. The van der Waals surface area contributed by atoms with Crippen LogP contribution in [0.15, 0.2) is 30.3 Å². The summed E-state index contributed by atoms with van der Waals surface area (Å²) < 4.78 is 22.5. The van der Waals surface area contributed by atoms with Crippen LogP contribution in [0, 0.1) is 5.92 Å². The van der Waals surface area contributed by atoms with Crippen molar-refractivity contribution < 1.29 is 13.2 Å². The normalized spacial score (nSPS) is 19.6. The Morgan fingerprint density at radius 1 is 1.30 bits per heavy atom. The third kappa shape index (κ3) is 5.32. The quantitative estimate of drug-likeness (QED) is 0.890. The van der Waals surface area contributed by atoms with Gasteiger partial charge in [-0.1, -0.05) is 44.2 Å². The highest BCUT2D eigenvalue weighted by Gasteiger charge is 2.30. The van der Waals surface area contributed by atoms with E-state index in [2.05, 4.69) is 13.8 Å². The molecule has 1 unspecified atom stereocenters. The number of sulfonamides is 1. The van der Waals surface area contributed by atoms with Crippen molar-refractivity contribution in [3.63, 3.8) is 0 Å². The second kappa shape index (κ2) is 7.01. The fourth-order valence-corrected chi connectivity index (χ4v) is 4.17. The monoisotopic (exact) mass is 338 g/mol. The smallest absolute Gasteiger partial charge is 0.223 e. The van der Waals surface area contributed by atoms with E-state index in [-0.39, 0.29) is 23.0 Å². The molecule has 2 N–H and O–H groups in total. The Hall–Kier alpha value is -1.40. The number of hydrogen-bond acceptors (Lipinski definition) is 3. The molecule has 0 saturated carbocycles. The average molecular weight is 338 g/mol. The van der Waals surface area contributed by atoms with Gasteiger partial charge in [-0.25, -0.2) is 13.6 Å². The van der Waals surface area contributed by atoms with Crippen LogP contribution in [0.25, 0.3) is 0 Å². The molecule has 1 heterocycles. The maximum atomic E-state index is 12.6. The maximum absolute atomic E-state index is 12.6. The summed E-state index contributed by atoms with van der Waals surface area (Å²) >= 11 is 0. The molecular weight excluding hydrogens is 312 g/mol. The van der Waals surface area contributed by atoms with Gasteiger partial charge >= 0.3 is 0 Å². The average Bonchev–Trinajstić information content (AvgIpc) is 2.46. The molecule has 1 aliphatic rings. The molecule has 2 rings (SSSR count).